The standard InChI is InChI=1S/C30H32N2O2/c1-30(2,3)25-17-23(28-31-26(19-33-28)14-21-10-6-4-7-11-21)16-24(18-25)29-32-27(20-34-29)15-22-12-8-5-9-13-22/h4-13,16-18,26-27H,14-15,19-20H2,1-3H3/t26-,27-/m0/s1. The molecule has 3 aromatic carbocycles. The summed E-state index contributed by atoms with van der Waals surface area (Å²) in [6, 6.07) is 27.7. The van der Waals surface area contributed by atoms with E-state index in [-0.39, 0.29) is 17.5 Å². The lowest BCUT2D eigenvalue weighted by atomic mass is 9.85. The molecule has 34 heavy (non-hydrogen) atoms. The van der Waals surface area contributed by atoms with Crippen LogP contribution in [0.4, 0.5) is 0 Å². The molecule has 2 heterocycles. The molecule has 0 saturated heterocycles. The van der Waals surface area contributed by atoms with Crippen LogP contribution in [0.2, 0.25) is 0 Å². The lowest BCUT2D eigenvalue weighted by molar-refractivity contribution is 0.316. The van der Waals surface area contributed by atoms with Gasteiger partial charge in [0, 0.05) is 11.1 Å². The van der Waals surface area contributed by atoms with Crippen LogP contribution in [0.1, 0.15) is 48.6 Å². The fourth-order valence-corrected chi connectivity index (χ4v) is 4.44. The summed E-state index contributed by atoms with van der Waals surface area (Å²) in [6.07, 6.45) is 1.76. The molecule has 0 unspecified atom stereocenters. The first-order chi connectivity index (χ1) is 16.4. The summed E-state index contributed by atoms with van der Waals surface area (Å²) in [4.78, 5) is 9.86. The van der Waals surface area contributed by atoms with Crippen molar-refractivity contribution in [1.82, 2.24) is 0 Å². The summed E-state index contributed by atoms with van der Waals surface area (Å²) in [5.41, 5.74) is 5.75. The number of nitrogens with zero attached hydrogens (tertiary/aromatic N) is 2. The molecule has 2 aliphatic heterocycles. The zero-order valence-corrected chi connectivity index (χ0v) is 20.2. The van der Waals surface area contributed by atoms with E-state index in [1.165, 1.54) is 16.7 Å². The molecule has 4 nitrogen and oxygen atoms in total. The van der Waals surface area contributed by atoms with Crippen LogP contribution in [0, 0.1) is 0 Å². The smallest absolute Gasteiger partial charge is 0.216 e. The first kappa shape index (κ1) is 22.4. The summed E-state index contributed by atoms with van der Waals surface area (Å²) in [7, 11) is 0. The Morgan fingerprint density at radius 1 is 0.676 bits per heavy atom. The first-order valence-corrected chi connectivity index (χ1v) is 12.1. The maximum Gasteiger partial charge on any atom is 0.216 e. The van der Waals surface area contributed by atoms with E-state index in [1.54, 1.807) is 0 Å². The van der Waals surface area contributed by atoms with Crippen LogP contribution in [-0.4, -0.2) is 37.1 Å². The fourth-order valence-electron chi connectivity index (χ4n) is 4.44. The van der Waals surface area contributed by atoms with E-state index in [9.17, 15) is 0 Å². The van der Waals surface area contributed by atoms with Crippen LogP contribution in [0.3, 0.4) is 0 Å². The zero-order valence-electron chi connectivity index (χ0n) is 20.2. The van der Waals surface area contributed by atoms with E-state index in [0.717, 1.165) is 24.0 Å². The minimum atomic E-state index is -0.0179. The monoisotopic (exact) mass is 452 g/mol. The zero-order chi connectivity index (χ0) is 23.5. The third-order valence-corrected chi connectivity index (χ3v) is 6.35. The van der Waals surface area contributed by atoms with Crippen molar-refractivity contribution in [3.05, 3.63) is 107 Å². The van der Waals surface area contributed by atoms with Crippen molar-refractivity contribution >= 4 is 11.8 Å². The van der Waals surface area contributed by atoms with Crippen LogP contribution >= 0.6 is 0 Å². The molecule has 0 radical (unpaired) electrons. The number of ether oxygens (including phenoxy) is 2. The van der Waals surface area contributed by atoms with Crippen LogP contribution in [0.25, 0.3) is 0 Å². The molecule has 3 aromatic rings. The molecule has 0 aromatic heterocycles. The van der Waals surface area contributed by atoms with Crippen LogP contribution in [0.15, 0.2) is 88.8 Å². The van der Waals surface area contributed by atoms with Gasteiger partial charge in [-0.2, -0.15) is 0 Å². The maximum atomic E-state index is 6.08. The predicted octanol–water partition coefficient (Wildman–Crippen LogP) is 5.76. The van der Waals surface area contributed by atoms with Crippen LogP contribution < -0.4 is 0 Å². The molecule has 0 spiro atoms. The van der Waals surface area contributed by atoms with Crippen molar-refractivity contribution in [2.24, 2.45) is 9.98 Å². The second kappa shape index (κ2) is 9.46. The second-order valence-corrected chi connectivity index (χ2v) is 10.2. The van der Waals surface area contributed by atoms with Crippen LogP contribution in [-0.2, 0) is 27.7 Å². The molecule has 0 amide bonds. The largest absolute Gasteiger partial charge is 0.475 e. The Balaban J connectivity index is 1.41. The Morgan fingerprint density at radius 2 is 1.12 bits per heavy atom. The Labute approximate surface area is 202 Å². The van der Waals surface area contributed by atoms with Gasteiger partial charge in [0.1, 0.15) is 13.2 Å². The molecule has 2 aliphatic rings. The third kappa shape index (κ3) is 5.22. The Morgan fingerprint density at radius 3 is 1.53 bits per heavy atom. The Kier molecular flexibility index (Phi) is 6.23. The Bertz CT molecular complexity index is 1110. The summed E-state index contributed by atoms with van der Waals surface area (Å²) in [5.74, 6) is 1.43. The highest BCUT2D eigenvalue weighted by Gasteiger charge is 2.26. The highest BCUT2D eigenvalue weighted by Crippen LogP contribution is 2.28. The molecule has 0 bridgehead atoms. The highest BCUT2D eigenvalue weighted by molar-refractivity contribution is 6.01. The van der Waals surface area contributed by atoms with Gasteiger partial charge in [0.2, 0.25) is 11.8 Å². The van der Waals surface area contributed by atoms with E-state index < -0.39 is 0 Å². The number of hydrogen-bond donors (Lipinski definition) is 0. The second-order valence-electron chi connectivity index (χ2n) is 10.2. The first-order valence-electron chi connectivity index (χ1n) is 12.1. The summed E-state index contributed by atoms with van der Waals surface area (Å²) < 4.78 is 12.2. The quantitative estimate of drug-likeness (QED) is 0.477. The summed E-state index contributed by atoms with van der Waals surface area (Å²) >= 11 is 0. The van der Waals surface area contributed by atoms with Gasteiger partial charge in [0.15, 0.2) is 0 Å². The van der Waals surface area contributed by atoms with Crippen molar-refractivity contribution < 1.29 is 9.47 Å². The molecule has 4 heteroatoms. The maximum absolute atomic E-state index is 6.08. The van der Waals surface area contributed by atoms with Crippen LogP contribution in [0.5, 0.6) is 0 Å². The average Bonchev–Trinajstić information content (AvgIpc) is 3.50. The molecular weight excluding hydrogens is 420 g/mol. The van der Waals surface area contributed by atoms with Gasteiger partial charge in [0.25, 0.3) is 0 Å². The molecule has 0 fully saturated rings. The molecular formula is C30H32N2O2. The van der Waals surface area contributed by atoms with E-state index in [0.29, 0.717) is 25.0 Å². The van der Waals surface area contributed by atoms with E-state index in [2.05, 4.69) is 87.5 Å². The number of benzene rings is 3. The molecule has 2 atom stereocenters. The highest BCUT2D eigenvalue weighted by atomic mass is 16.5. The number of rotatable bonds is 6. The van der Waals surface area contributed by atoms with Gasteiger partial charge in [-0.1, -0.05) is 81.4 Å². The SMILES string of the molecule is CC(C)(C)c1cc(C2=N[C@@H](Cc3ccccc3)CO2)cc(C2=N[C@@H](Cc3ccccc3)CO2)c1. The molecule has 0 saturated carbocycles. The lowest BCUT2D eigenvalue weighted by Gasteiger charge is -2.21. The van der Waals surface area contributed by atoms with Gasteiger partial charge in [-0.05, 0) is 53.1 Å². The normalized spacial score (nSPS) is 19.9. The van der Waals surface area contributed by atoms with Gasteiger partial charge < -0.3 is 9.47 Å². The molecule has 174 valence electrons. The predicted molar refractivity (Wildman–Crippen MR) is 138 cm³/mol. The minimum Gasteiger partial charge on any atom is -0.475 e. The van der Waals surface area contributed by atoms with Crippen molar-refractivity contribution in [1.29, 1.82) is 0 Å². The molecule has 0 N–H and O–H groups in total. The van der Waals surface area contributed by atoms with E-state index >= 15 is 0 Å². The van der Waals surface area contributed by atoms with Gasteiger partial charge >= 0.3 is 0 Å². The van der Waals surface area contributed by atoms with E-state index in [1.807, 2.05) is 12.1 Å². The number of aliphatic imine (C=N–C) groups is 2. The minimum absolute atomic E-state index is 0.0179. The summed E-state index contributed by atoms with van der Waals surface area (Å²) in [5, 5.41) is 0. The van der Waals surface area contributed by atoms with Gasteiger partial charge in [-0.25, -0.2) is 9.98 Å². The lowest BCUT2D eigenvalue weighted by Crippen LogP contribution is -2.15. The Hall–Kier alpha value is -3.40. The van der Waals surface area contributed by atoms with Gasteiger partial charge in [-0.3, -0.25) is 0 Å². The van der Waals surface area contributed by atoms with Crippen molar-refractivity contribution in [2.75, 3.05) is 13.2 Å². The molecule has 5 rings (SSSR count). The van der Waals surface area contributed by atoms with Gasteiger partial charge in [0.05, 0.1) is 12.1 Å². The summed E-state index contributed by atoms with van der Waals surface area (Å²) in [6.45, 7) is 7.88. The van der Waals surface area contributed by atoms with E-state index in [4.69, 9.17) is 19.5 Å². The van der Waals surface area contributed by atoms with Crippen molar-refractivity contribution in [2.45, 2.75) is 51.1 Å². The third-order valence-electron chi connectivity index (χ3n) is 6.35. The number of hydrogen-bond acceptors (Lipinski definition) is 4. The van der Waals surface area contributed by atoms with Crippen molar-refractivity contribution in [3.8, 4) is 0 Å². The van der Waals surface area contributed by atoms with Crippen molar-refractivity contribution in [3.63, 3.8) is 0 Å². The average molecular weight is 453 g/mol. The molecule has 0 aliphatic carbocycles. The van der Waals surface area contributed by atoms with Gasteiger partial charge in [-0.15, -0.1) is 0 Å². The topological polar surface area (TPSA) is 43.2 Å². The fraction of sp³-hybridized carbons (Fsp3) is 0.333.